The molecule has 0 aliphatic heterocycles. The average Bonchev–Trinajstić information content (AvgIpc) is 2.54. The van der Waals surface area contributed by atoms with Gasteiger partial charge in [0.25, 0.3) is 5.69 Å². The fourth-order valence-electron chi connectivity index (χ4n) is 4.07. The van der Waals surface area contributed by atoms with Crippen LogP contribution >= 0.6 is 11.8 Å². The summed E-state index contributed by atoms with van der Waals surface area (Å²) in [5, 5.41) is 13.9. The number of carbonyl (C=O) groups is 1. The summed E-state index contributed by atoms with van der Waals surface area (Å²) in [6.45, 7) is 0. The Morgan fingerprint density at radius 2 is 1.88 bits per heavy atom. The molecule has 2 unspecified atom stereocenters. The topological polar surface area (TPSA) is 98.3 Å². The highest BCUT2D eigenvalue weighted by molar-refractivity contribution is 8.00. The van der Waals surface area contributed by atoms with Crippen molar-refractivity contribution in [2.24, 2.45) is 17.6 Å². The number of nitro benzene ring substituents is 1. The number of hydrogen-bond donors (Lipinski definition) is 2. The third-order valence-electron chi connectivity index (χ3n) is 5.12. The van der Waals surface area contributed by atoms with Crippen molar-refractivity contribution in [1.29, 1.82) is 0 Å². The number of thioether (sulfide) groups is 1. The monoisotopic (exact) mass is 349 g/mol. The van der Waals surface area contributed by atoms with Gasteiger partial charge in [-0.1, -0.05) is 6.42 Å². The minimum atomic E-state index is -0.423. The van der Waals surface area contributed by atoms with Gasteiger partial charge in [-0.15, -0.1) is 11.8 Å². The molecule has 3 N–H and O–H groups in total. The second kappa shape index (κ2) is 7.53. The highest BCUT2D eigenvalue weighted by Gasteiger charge is 2.39. The van der Waals surface area contributed by atoms with Gasteiger partial charge in [-0.2, -0.15) is 0 Å². The van der Waals surface area contributed by atoms with Gasteiger partial charge in [0.15, 0.2) is 0 Å². The van der Waals surface area contributed by atoms with Crippen molar-refractivity contribution < 1.29 is 9.72 Å². The van der Waals surface area contributed by atoms with Crippen LogP contribution in [0.2, 0.25) is 0 Å². The van der Waals surface area contributed by atoms with Gasteiger partial charge >= 0.3 is 0 Å². The molecule has 24 heavy (non-hydrogen) atoms. The van der Waals surface area contributed by atoms with Crippen LogP contribution in [0.1, 0.15) is 32.1 Å². The maximum absolute atomic E-state index is 12.3. The quantitative estimate of drug-likeness (QED) is 0.484. The Balaban J connectivity index is 1.51. The Bertz CT molecular complexity index is 594. The summed E-state index contributed by atoms with van der Waals surface area (Å²) in [5.41, 5.74) is 6.19. The van der Waals surface area contributed by atoms with E-state index in [2.05, 4.69) is 5.32 Å². The van der Waals surface area contributed by atoms with Crippen LogP contribution in [0, 0.1) is 22.0 Å². The summed E-state index contributed by atoms with van der Waals surface area (Å²) >= 11 is 1.41. The van der Waals surface area contributed by atoms with Gasteiger partial charge in [0.2, 0.25) is 5.91 Å². The van der Waals surface area contributed by atoms with Crippen LogP contribution in [0.25, 0.3) is 0 Å². The van der Waals surface area contributed by atoms with E-state index in [1.807, 2.05) is 0 Å². The third kappa shape index (κ3) is 4.08. The lowest BCUT2D eigenvalue weighted by atomic mass is 9.67. The molecule has 2 saturated carbocycles. The Kier molecular flexibility index (Phi) is 5.40. The number of amides is 1. The molecule has 3 rings (SSSR count). The molecule has 2 aliphatic carbocycles. The number of nitrogens with one attached hydrogen (secondary N) is 1. The van der Waals surface area contributed by atoms with Gasteiger partial charge < -0.3 is 11.1 Å². The normalized spacial score (nSPS) is 29.0. The second-order valence-electron chi connectivity index (χ2n) is 6.82. The van der Waals surface area contributed by atoms with Crippen LogP contribution in [-0.4, -0.2) is 28.7 Å². The molecule has 130 valence electrons. The molecule has 1 amide bonds. The van der Waals surface area contributed by atoms with Gasteiger partial charge in [-0.3, -0.25) is 14.9 Å². The number of non-ortho nitro benzene ring substituents is 1. The van der Waals surface area contributed by atoms with E-state index in [1.54, 1.807) is 12.1 Å². The van der Waals surface area contributed by atoms with Gasteiger partial charge in [0, 0.05) is 29.1 Å². The molecule has 2 bridgehead atoms. The van der Waals surface area contributed by atoms with Crippen molar-refractivity contribution in [3.63, 3.8) is 0 Å². The van der Waals surface area contributed by atoms with Crippen LogP contribution in [0.3, 0.4) is 0 Å². The first-order chi connectivity index (χ1) is 11.5. The van der Waals surface area contributed by atoms with E-state index in [-0.39, 0.29) is 23.7 Å². The lowest BCUT2D eigenvalue weighted by Crippen LogP contribution is -2.54. The van der Waals surface area contributed by atoms with Gasteiger partial charge in [-0.05, 0) is 49.7 Å². The number of fused-ring (bicyclic) bond motifs is 2. The minimum absolute atomic E-state index is 0.0377. The van der Waals surface area contributed by atoms with Gasteiger partial charge in [-0.25, -0.2) is 0 Å². The maximum Gasteiger partial charge on any atom is 0.269 e. The number of benzene rings is 1. The molecule has 2 aliphatic rings. The zero-order chi connectivity index (χ0) is 17.1. The van der Waals surface area contributed by atoms with Gasteiger partial charge in [0.1, 0.15) is 0 Å². The number of nitrogens with zero attached hydrogens (tertiary/aromatic N) is 1. The first kappa shape index (κ1) is 17.2. The zero-order valence-corrected chi connectivity index (χ0v) is 14.3. The van der Waals surface area contributed by atoms with Crippen molar-refractivity contribution in [2.45, 2.75) is 49.1 Å². The molecule has 1 aromatic rings. The third-order valence-corrected chi connectivity index (χ3v) is 6.13. The van der Waals surface area contributed by atoms with E-state index in [4.69, 9.17) is 5.73 Å². The molecular weight excluding hydrogens is 326 g/mol. The maximum atomic E-state index is 12.3. The molecule has 1 aromatic carbocycles. The summed E-state index contributed by atoms with van der Waals surface area (Å²) in [6.07, 6.45) is 5.58. The molecule has 7 heteroatoms. The van der Waals surface area contributed by atoms with Crippen LogP contribution < -0.4 is 11.1 Å². The van der Waals surface area contributed by atoms with Crippen molar-refractivity contribution in [3.8, 4) is 0 Å². The van der Waals surface area contributed by atoms with Crippen LogP contribution in [-0.2, 0) is 4.79 Å². The predicted molar refractivity (Wildman–Crippen MR) is 93.8 cm³/mol. The highest BCUT2D eigenvalue weighted by Crippen LogP contribution is 2.39. The Labute approximate surface area is 145 Å². The van der Waals surface area contributed by atoms with Crippen LogP contribution in [0.15, 0.2) is 29.2 Å². The van der Waals surface area contributed by atoms with E-state index in [1.165, 1.54) is 30.3 Å². The van der Waals surface area contributed by atoms with Crippen molar-refractivity contribution in [2.75, 3.05) is 5.75 Å². The average molecular weight is 349 g/mol. The molecule has 0 aromatic heterocycles. The van der Waals surface area contributed by atoms with Gasteiger partial charge in [0.05, 0.1) is 10.7 Å². The summed E-state index contributed by atoms with van der Waals surface area (Å²) in [7, 11) is 0. The molecule has 0 heterocycles. The number of hydrogen-bond acceptors (Lipinski definition) is 5. The molecular formula is C17H23N3O3S. The fourth-order valence-corrected chi connectivity index (χ4v) is 4.77. The Morgan fingerprint density at radius 1 is 1.25 bits per heavy atom. The van der Waals surface area contributed by atoms with Crippen LogP contribution in [0.4, 0.5) is 5.69 Å². The lowest BCUT2D eigenvalue weighted by Gasteiger charge is -2.45. The lowest BCUT2D eigenvalue weighted by molar-refractivity contribution is -0.384. The predicted octanol–water partition coefficient (Wildman–Crippen LogP) is 2.71. The Morgan fingerprint density at radius 3 is 2.46 bits per heavy atom. The molecule has 0 radical (unpaired) electrons. The molecule has 6 nitrogen and oxygen atoms in total. The Hall–Kier alpha value is -1.60. The fraction of sp³-hybridized carbons (Fsp3) is 0.588. The smallest absolute Gasteiger partial charge is 0.269 e. The summed E-state index contributed by atoms with van der Waals surface area (Å²) in [4.78, 5) is 23.4. The van der Waals surface area contributed by atoms with E-state index < -0.39 is 4.92 Å². The molecule has 0 spiro atoms. The highest BCUT2D eigenvalue weighted by atomic mass is 32.2. The van der Waals surface area contributed by atoms with E-state index in [9.17, 15) is 14.9 Å². The standard InChI is InChI=1S/C17H23N3O3S/c18-13-8-11-2-1-3-12(9-13)17(11)19-16(21)10-24-15-6-4-14(5-7-15)20(22)23/h4-7,11-13,17H,1-3,8-10,18H2,(H,19,21). The summed E-state index contributed by atoms with van der Waals surface area (Å²) < 4.78 is 0. The number of nitrogens with two attached hydrogens (primary N) is 1. The van der Waals surface area contributed by atoms with E-state index >= 15 is 0 Å². The van der Waals surface area contributed by atoms with E-state index in [0.717, 1.165) is 30.6 Å². The van der Waals surface area contributed by atoms with Crippen LogP contribution in [0.5, 0.6) is 0 Å². The largest absolute Gasteiger partial charge is 0.352 e. The molecule has 2 fully saturated rings. The van der Waals surface area contributed by atoms with Crippen molar-refractivity contribution in [1.82, 2.24) is 5.32 Å². The second-order valence-corrected chi connectivity index (χ2v) is 7.86. The first-order valence-electron chi connectivity index (χ1n) is 8.45. The summed E-state index contributed by atoms with van der Waals surface area (Å²) in [6, 6.07) is 6.85. The number of nitro groups is 1. The SMILES string of the molecule is NC1CC2CCCC(C1)C2NC(=O)CSc1ccc([N+](=O)[O-])cc1. The number of carbonyl (C=O) groups excluding carboxylic acids is 1. The molecule has 0 saturated heterocycles. The van der Waals surface area contributed by atoms with Crippen molar-refractivity contribution >= 4 is 23.4 Å². The first-order valence-corrected chi connectivity index (χ1v) is 9.43. The summed E-state index contributed by atoms with van der Waals surface area (Å²) in [5.74, 6) is 1.40. The minimum Gasteiger partial charge on any atom is -0.352 e. The zero-order valence-electron chi connectivity index (χ0n) is 13.5. The van der Waals surface area contributed by atoms with Crippen molar-refractivity contribution in [3.05, 3.63) is 34.4 Å². The van der Waals surface area contributed by atoms with E-state index in [0.29, 0.717) is 17.6 Å². The molecule has 2 atom stereocenters. The number of rotatable bonds is 5.